The molecule has 0 amide bonds. The zero-order valence-corrected chi connectivity index (χ0v) is 14.5. The van der Waals surface area contributed by atoms with Crippen molar-refractivity contribution in [2.24, 2.45) is 5.73 Å². The van der Waals surface area contributed by atoms with Crippen LogP contribution in [0.4, 0.5) is 0 Å². The number of hydrogen-bond donors (Lipinski definition) is 1. The summed E-state index contributed by atoms with van der Waals surface area (Å²) < 4.78 is 0. The van der Waals surface area contributed by atoms with E-state index in [0.29, 0.717) is 12.1 Å². The number of likely N-dealkylation sites (N-methyl/N-ethyl adjacent to an activating group) is 2. The highest BCUT2D eigenvalue weighted by Gasteiger charge is 2.40. The van der Waals surface area contributed by atoms with Crippen LogP contribution in [0.1, 0.15) is 36.4 Å². The van der Waals surface area contributed by atoms with Crippen LogP contribution in [-0.2, 0) is 0 Å². The van der Waals surface area contributed by atoms with E-state index >= 15 is 0 Å². The Kier molecular flexibility index (Phi) is 5.31. The fourth-order valence-corrected chi connectivity index (χ4v) is 3.69. The Morgan fingerprint density at radius 1 is 1.29 bits per heavy atom. The first-order valence-corrected chi connectivity index (χ1v) is 8.11. The number of rotatable bonds is 6. The maximum absolute atomic E-state index is 6.08. The van der Waals surface area contributed by atoms with Gasteiger partial charge in [-0.2, -0.15) is 0 Å². The highest BCUT2D eigenvalue weighted by molar-refractivity contribution is 6.30. The smallest absolute Gasteiger partial charge is 0.0470 e. The lowest BCUT2D eigenvalue weighted by molar-refractivity contribution is 0.0167. The number of nitrogens with zero attached hydrogens (tertiary/aromatic N) is 2. The van der Waals surface area contributed by atoms with Crippen LogP contribution >= 0.6 is 11.6 Å². The van der Waals surface area contributed by atoms with Gasteiger partial charge < -0.3 is 10.6 Å². The average molecular weight is 310 g/mol. The maximum atomic E-state index is 6.08. The summed E-state index contributed by atoms with van der Waals surface area (Å²) in [7, 11) is 6.57. The van der Waals surface area contributed by atoms with Crippen molar-refractivity contribution < 1.29 is 0 Å². The second-order valence-corrected chi connectivity index (χ2v) is 7.08. The van der Waals surface area contributed by atoms with E-state index < -0.39 is 0 Å². The quantitative estimate of drug-likeness (QED) is 0.876. The molecule has 118 valence electrons. The third-order valence-corrected chi connectivity index (χ3v) is 5.36. The molecule has 2 rings (SSSR count). The summed E-state index contributed by atoms with van der Waals surface area (Å²) in [6, 6.07) is 6.36. The molecule has 1 saturated carbocycles. The Bertz CT molecular complexity index is 483. The van der Waals surface area contributed by atoms with E-state index in [1.54, 1.807) is 0 Å². The minimum atomic E-state index is 0.250. The van der Waals surface area contributed by atoms with Crippen LogP contribution < -0.4 is 5.73 Å². The summed E-state index contributed by atoms with van der Waals surface area (Å²) in [5.74, 6) is 0. The lowest BCUT2D eigenvalue weighted by Crippen LogP contribution is -2.57. The molecule has 0 heterocycles. The molecular formula is C17H28ClN3. The molecule has 1 unspecified atom stereocenters. The number of aryl methyl sites for hydroxylation is 1. The van der Waals surface area contributed by atoms with E-state index in [1.165, 1.54) is 30.4 Å². The second-order valence-electron chi connectivity index (χ2n) is 6.64. The van der Waals surface area contributed by atoms with Crippen LogP contribution in [0.3, 0.4) is 0 Å². The number of nitrogens with two attached hydrogens (primary N) is 1. The van der Waals surface area contributed by atoms with Crippen LogP contribution in [-0.4, -0.2) is 49.6 Å². The Hall–Kier alpha value is -0.610. The van der Waals surface area contributed by atoms with Gasteiger partial charge in [-0.25, -0.2) is 0 Å². The SMILES string of the molecule is Cc1cc(Cl)ccc1C(CN)N(C)CC1(N(C)C)CCC1. The van der Waals surface area contributed by atoms with Crippen molar-refractivity contribution in [1.82, 2.24) is 9.80 Å². The van der Waals surface area contributed by atoms with Crippen LogP contribution in [0.5, 0.6) is 0 Å². The summed E-state index contributed by atoms with van der Waals surface area (Å²) in [4.78, 5) is 4.80. The molecule has 0 spiro atoms. The van der Waals surface area contributed by atoms with E-state index in [4.69, 9.17) is 17.3 Å². The molecule has 1 aromatic carbocycles. The fraction of sp³-hybridized carbons (Fsp3) is 0.647. The summed E-state index contributed by atoms with van der Waals surface area (Å²) in [5.41, 5.74) is 8.91. The maximum Gasteiger partial charge on any atom is 0.0470 e. The third-order valence-electron chi connectivity index (χ3n) is 5.12. The van der Waals surface area contributed by atoms with Gasteiger partial charge in [-0.05, 0) is 70.6 Å². The number of halogens is 1. The Labute approximate surface area is 134 Å². The molecule has 2 N–H and O–H groups in total. The zero-order valence-electron chi connectivity index (χ0n) is 13.7. The third kappa shape index (κ3) is 3.42. The van der Waals surface area contributed by atoms with E-state index in [9.17, 15) is 0 Å². The molecule has 1 aliphatic carbocycles. The predicted octanol–water partition coefficient (Wildman–Crippen LogP) is 3.06. The number of benzene rings is 1. The van der Waals surface area contributed by atoms with E-state index in [0.717, 1.165) is 11.6 Å². The topological polar surface area (TPSA) is 32.5 Å². The van der Waals surface area contributed by atoms with Gasteiger partial charge in [0.25, 0.3) is 0 Å². The Morgan fingerprint density at radius 3 is 2.38 bits per heavy atom. The molecule has 3 nitrogen and oxygen atoms in total. The normalized spacial score (nSPS) is 18.9. The molecule has 21 heavy (non-hydrogen) atoms. The van der Waals surface area contributed by atoms with Gasteiger partial charge in [0.15, 0.2) is 0 Å². The largest absolute Gasteiger partial charge is 0.329 e. The van der Waals surface area contributed by atoms with Crippen LogP contribution in [0.2, 0.25) is 5.02 Å². The van der Waals surface area contributed by atoms with Gasteiger partial charge in [-0.15, -0.1) is 0 Å². The lowest BCUT2D eigenvalue weighted by Gasteiger charge is -2.50. The van der Waals surface area contributed by atoms with Gasteiger partial charge in [-0.3, -0.25) is 4.90 Å². The fourth-order valence-electron chi connectivity index (χ4n) is 3.46. The molecule has 1 aliphatic rings. The molecule has 0 aromatic heterocycles. The number of hydrogen-bond acceptors (Lipinski definition) is 3. The van der Waals surface area contributed by atoms with E-state index in [1.807, 2.05) is 12.1 Å². The Morgan fingerprint density at radius 2 is 1.95 bits per heavy atom. The predicted molar refractivity (Wildman–Crippen MR) is 90.9 cm³/mol. The van der Waals surface area contributed by atoms with Crippen molar-refractivity contribution in [1.29, 1.82) is 0 Å². The molecule has 0 saturated heterocycles. The lowest BCUT2D eigenvalue weighted by atomic mass is 9.75. The first-order valence-electron chi connectivity index (χ1n) is 7.73. The zero-order chi connectivity index (χ0) is 15.6. The standard InChI is InChI=1S/C17H28ClN3/c1-13-10-14(18)6-7-15(13)16(11-19)21(4)12-17(20(2)3)8-5-9-17/h6-7,10,16H,5,8-9,11-12,19H2,1-4H3. The Balaban J connectivity index is 2.17. The summed E-state index contributed by atoms with van der Waals surface area (Å²) in [5, 5.41) is 0.790. The first-order chi connectivity index (χ1) is 9.89. The summed E-state index contributed by atoms with van der Waals surface area (Å²) in [6.07, 6.45) is 3.89. The molecule has 0 radical (unpaired) electrons. The first kappa shape index (κ1) is 16.8. The highest BCUT2D eigenvalue weighted by atomic mass is 35.5. The highest BCUT2D eigenvalue weighted by Crippen LogP contribution is 2.38. The molecule has 1 fully saturated rings. The molecule has 1 atom stereocenters. The van der Waals surface area contributed by atoms with Crippen molar-refractivity contribution in [3.8, 4) is 0 Å². The van der Waals surface area contributed by atoms with Crippen molar-refractivity contribution in [3.63, 3.8) is 0 Å². The van der Waals surface area contributed by atoms with Gasteiger partial charge >= 0.3 is 0 Å². The molecule has 0 aliphatic heterocycles. The van der Waals surface area contributed by atoms with Crippen LogP contribution in [0.15, 0.2) is 18.2 Å². The summed E-state index contributed by atoms with van der Waals surface area (Å²) in [6.45, 7) is 3.80. The van der Waals surface area contributed by atoms with Gasteiger partial charge in [0.1, 0.15) is 0 Å². The van der Waals surface area contributed by atoms with Crippen LogP contribution in [0.25, 0.3) is 0 Å². The molecule has 1 aromatic rings. The monoisotopic (exact) mass is 309 g/mol. The van der Waals surface area contributed by atoms with Gasteiger partial charge in [0, 0.05) is 29.7 Å². The van der Waals surface area contributed by atoms with E-state index in [-0.39, 0.29) is 6.04 Å². The van der Waals surface area contributed by atoms with Crippen molar-refractivity contribution in [2.45, 2.75) is 37.8 Å². The minimum absolute atomic E-state index is 0.250. The van der Waals surface area contributed by atoms with Crippen molar-refractivity contribution in [3.05, 3.63) is 34.3 Å². The van der Waals surface area contributed by atoms with Crippen molar-refractivity contribution in [2.75, 3.05) is 34.2 Å². The van der Waals surface area contributed by atoms with Gasteiger partial charge in [0.05, 0.1) is 0 Å². The molecule has 4 heteroatoms. The molecular weight excluding hydrogens is 282 g/mol. The minimum Gasteiger partial charge on any atom is -0.329 e. The second kappa shape index (κ2) is 6.66. The van der Waals surface area contributed by atoms with Crippen LogP contribution in [0, 0.1) is 6.92 Å². The van der Waals surface area contributed by atoms with Crippen molar-refractivity contribution >= 4 is 11.6 Å². The summed E-state index contributed by atoms with van der Waals surface area (Å²) >= 11 is 6.07. The van der Waals surface area contributed by atoms with E-state index in [2.05, 4.69) is 43.9 Å². The van der Waals surface area contributed by atoms with Gasteiger partial charge in [0.2, 0.25) is 0 Å². The van der Waals surface area contributed by atoms with Gasteiger partial charge in [-0.1, -0.05) is 17.7 Å². The average Bonchev–Trinajstić information content (AvgIpc) is 2.36. The molecule has 0 bridgehead atoms.